The number of benzene rings is 2. The Hall–Kier alpha value is -2.87. The summed E-state index contributed by atoms with van der Waals surface area (Å²) in [5.41, 5.74) is 2.06. The number of carbonyl (C=O) groups is 2. The molecule has 0 bridgehead atoms. The summed E-state index contributed by atoms with van der Waals surface area (Å²) in [6.07, 6.45) is 1.94. The quantitative estimate of drug-likeness (QED) is 0.731. The van der Waals surface area contributed by atoms with Gasteiger partial charge in [-0.1, -0.05) is 12.1 Å². The largest absolute Gasteiger partial charge is 0.452 e. The molecule has 0 saturated carbocycles. The van der Waals surface area contributed by atoms with Crippen molar-refractivity contribution >= 4 is 27.6 Å². The summed E-state index contributed by atoms with van der Waals surface area (Å²) in [6.45, 7) is 4.67. The van der Waals surface area contributed by atoms with Gasteiger partial charge in [0.1, 0.15) is 0 Å². The van der Waals surface area contributed by atoms with Gasteiger partial charge in [0.05, 0.1) is 10.5 Å². The van der Waals surface area contributed by atoms with Gasteiger partial charge in [0.15, 0.2) is 6.61 Å². The van der Waals surface area contributed by atoms with E-state index in [1.165, 1.54) is 24.3 Å². The normalized spacial score (nSPS) is 13.9. The first-order chi connectivity index (χ1) is 13.8. The molecule has 0 unspecified atom stereocenters. The highest BCUT2D eigenvalue weighted by atomic mass is 32.2. The van der Waals surface area contributed by atoms with Gasteiger partial charge in [-0.3, -0.25) is 9.52 Å². The maximum Gasteiger partial charge on any atom is 0.338 e. The molecule has 1 aliphatic heterocycles. The minimum absolute atomic E-state index is 0.200. The Morgan fingerprint density at radius 1 is 1.03 bits per heavy atom. The molecular weight excluding hydrogens is 392 g/mol. The van der Waals surface area contributed by atoms with E-state index in [1.54, 1.807) is 24.0 Å². The van der Waals surface area contributed by atoms with Crippen LogP contribution in [0.5, 0.6) is 0 Å². The maximum atomic E-state index is 12.7. The van der Waals surface area contributed by atoms with Crippen molar-refractivity contribution in [3.63, 3.8) is 0 Å². The highest BCUT2D eigenvalue weighted by molar-refractivity contribution is 7.92. The molecule has 0 aliphatic carbocycles. The molecule has 1 amide bonds. The van der Waals surface area contributed by atoms with Crippen molar-refractivity contribution in [1.29, 1.82) is 0 Å². The number of ether oxygens (including phenoxy) is 1. The van der Waals surface area contributed by atoms with E-state index in [1.807, 2.05) is 13.0 Å². The first kappa shape index (κ1) is 20.9. The van der Waals surface area contributed by atoms with Crippen molar-refractivity contribution in [3.8, 4) is 0 Å². The number of anilines is 1. The molecule has 1 aliphatic rings. The average molecular weight is 416 g/mol. The zero-order valence-corrected chi connectivity index (χ0v) is 17.3. The molecule has 1 fully saturated rings. The van der Waals surface area contributed by atoms with Gasteiger partial charge in [-0.25, -0.2) is 13.2 Å². The molecule has 154 valence electrons. The fourth-order valence-electron chi connectivity index (χ4n) is 3.15. The fourth-order valence-corrected chi connectivity index (χ4v) is 4.54. The molecule has 0 spiro atoms. The van der Waals surface area contributed by atoms with Crippen LogP contribution < -0.4 is 4.72 Å². The summed E-state index contributed by atoms with van der Waals surface area (Å²) in [4.78, 5) is 26.0. The van der Waals surface area contributed by atoms with Gasteiger partial charge >= 0.3 is 5.97 Å². The molecule has 1 N–H and O–H groups in total. The number of hydrogen-bond acceptors (Lipinski definition) is 5. The van der Waals surface area contributed by atoms with Gasteiger partial charge < -0.3 is 9.64 Å². The Labute approximate surface area is 170 Å². The number of likely N-dealkylation sites (tertiary alicyclic amines) is 1. The smallest absolute Gasteiger partial charge is 0.338 e. The van der Waals surface area contributed by atoms with Crippen LogP contribution in [-0.4, -0.2) is 44.9 Å². The predicted octanol–water partition coefficient (Wildman–Crippen LogP) is 2.88. The standard InChI is InChI=1S/C21H24N2O5S/c1-15-5-6-16(2)19(13-15)29(26,27)22-18-9-7-17(8-10-18)21(25)28-14-20(24)23-11-3-4-12-23/h5-10,13,22H,3-4,11-12,14H2,1-2H3. The van der Waals surface area contributed by atoms with E-state index >= 15 is 0 Å². The van der Waals surface area contributed by atoms with Crippen molar-refractivity contribution in [2.24, 2.45) is 0 Å². The highest BCUT2D eigenvalue weighted by Gasteiger charge is 2.20. The van der Waals surface area contributed by atoms with E-state index in [9.17, 15) is 18.0 Å². The number of sulfonamides is 1. The number of aryl methyl sites for hydroxylation is 2. The lowest BCUT2D eigenvalue weighted by Crippen LogP contribution is -2.32. The summed E-state index contributed by atoms with van der Waals surface area (Å²) in [7, 11) is -3.75. The lowest BCUT2D eigenvalue weighted by molar-refractivity contribution is -0.133. The van der Waals surface area contributed by atoms with Crippen LogP contribution in [0.15, 0.2) is 47.4 Å². The summed E-state index contributed by atoms with van der Waals surface area (Å²) in [5.74, 6) is -0.824. The topological polar surface area (TPSA) is 92.8 Å². The molecule has 0 radical (unpaired) electrons. The summed E-state index contributed by atoms with van der Waals surface area (Å²) < 4.78 is 32.9. The first-order valence-electron chi connectivity index (χ1n) is 9.41. The van der Waals surface area contributed by atoms with Gasteiger partial charge in [0.25, 0.3) is 15.9 Å². The molecular formula is C21H24N2O5S. The first-order valence-corrected chi connectivity index (χ1v) is 10.9. The van der Waals surface area contributed by atoms with Crippen molar-refractivity contribution in [3.05, 3.63) is 59.2 Å². The summed E-state index contributed by atoms with van der Waals surface area (Å²) in [6, 6.07) is 11.1. The number of hydrogen-bond donors (Lipinski definition) is 1. The van der Waals surface area contributed by atoms with Crippen LogP contribution in [0.2, 0.25) is 0 Å². The number of carbonyl (C=O) groups excluding carboxylic acids is 2. The van der Waals surface area contributed by atoms with Crippen molar-refractivity contribution < 1.29 is 22.7 Å². The van der Waals surface area contributed by atoms with E-state index in [0.717, 1.165) is 18.4 Å². The van der Waals surface area contributed by atoms with Crippen LogP contribution in [0.4, 0.5) is 5.69 Å². The number of amides is 1. The van der Waals surface area contributed by atoms with Crippen LogP contribution in [0.3, 0.4) is 0 Å². The van der Waals surface area contributed by atoms with E-state index < -0.39 is 16.0 Å². The fraction of sp³-hybridized carbons (Fsp3) is 0.333. The molecule has 2 aromatic rings. The highest BCUT2D eigenvalue weighted by Crippen LogP contribution is 2.21. The second-order valence-electron chi connectivity index (χ2n) is 7.12. The third-order valence-electron chi connectivity index (χ3n) is 4.79. The van der Waals surface area contributed by atoms with E-state index in [4.69, 9.17) is 4.74 Å². The van der Waals surface area contributed by atoms with Gasteiger partial charge in [-0.2, -0.15) is 0 Å². The number of nitrogens with zero attached hydrogens (tertiary/aromatic N) is 1. The van der Waals surface area contributed by atoms with Crippen LogP contribution >= 0.6 is 0 Å². The molecule has 1 saturated heterocycles. The predicted molar refractivity (Wildman–Crippen MR) is 109 cm³/mol. The zero-order chi connectivity index (χ0) is 21.0. The molecule has 3 rings (SSSR count). The molecule has 1 heterocycles. The monoisotopic (exact) mass is 416 g/mol. The van der Waals surface area contributed by atoms with Gasteiger partial charge in [-0.15, -0.1) is 0 Å². The van der Waals surface area contributed by atoms with Crippen molar-refractivity contribution in [2.75, 3.05) is 24.4 Å². The van der Waals surface area contributed by atoms with Gasteiger partial charge in [0.2, 0.25) is 0 Å². The number of esters is 1. The second-order valence-corrected chi connectivity index (χ2v) is 8.77. The van der Waals surface area contributed by atoms with Crippen LogP contribution in [0.1, 0.15) is 34.3 Å². The second kappa shape index (κ2) is 8.65. The van der Waals surface area contributed by atoms with E-state index in [-0.39, 0.29) is 23.0 Å². The molecule has 29 heavy (non-hydrogen) atoms. The van der Waals surface area contributed by atoms with Gasteiger partial charge in [-0.05, 0) is 68.1 Å². The number of rotatable bonds is 6. The minimum atomic E-state index is -3.75. The summed E-state index contributed by atoms with van der Waals surface area (Å²) >= 11 is 0. The Morgan fingerprint density at radius 2 is 1.69 bits per heavy atom. The lowest BCUT2D eigenvalue weighted by atomic mass is 10.2. The molecule has 8 heteroatoms. The van der Waals surface area contributed by atoms with Crippen LogP contribution in [0, 0.1) is 13.8 Å². The molecule has 0 atom stereocenters. The Kier molecular flexibility index (Phi) is 6.22. The Morgan fingerprint density at radius 3 is 2.34 bits per heavy atom. The molecule has 0 aromatic heterocycles. The minimum Gasteiger partial charge on any atom is -0.452 e. The van der Waals surface area contributed by atoms with E-state index in [2.05, 4.69) is 4.72 Å². The molecule has 7 nitrogen and oxygen atoms in total. The summed E-state index contributed by atoms with van der Waals surface area (Å²) in [5, 5.41) is 0. The van der Waals surface area contributed by atoms with Crippen LogP contribution in [-0.2, 0) is 19.6 Å². The SMILES string of the molecule is Cc1ccc(C)c(S(=O)(=O)Nc2ccc(C(=O)OCC(=O)N3CCCC3)cc2)c1. The third kappa shape index (κ3) is 5.14. The number of nitrogens with one attached hydrogen (secondary N) is 1. The van der Waals surface area contributed by atoms with E-state index in [0.29, 0.717) is 24.3 Å². The third-order valence-corrected chi connectivity index (χ3v) is 6.31. The maximum absolute atomic E-state index is 12.7. The van der Waals surface area contributed by atoms with Crippen LogP contribution in [0.25, 0.3) is 0 Å². The van der Waals surface area contributed by atoms with Crippen molar-refractivity contribution in [2.45, 2.75) is 31.6 Å². The average Bonchev–Trinajstić information content (AvgIpc) is 3.23. The zero-order valence-electron chi connectivity index (χ0n) is 16.5. The van der Waals surface area contributed by atoms with Gasteiger partial charge in [0, 0.05) is 18.8 Å². The Balaban J connectivity index is 1.62. The molecule has 2 aromatic carbocycles. The van der Waals surface area contributed by atoms with Crippen molar-refractivity contribution in [1.82, 2.24) is 4.90 Å². The Bertz CT molecular complexity index is 1010. The lowest BCUT2D eigenvalue weighted by Gasteiger charge is -2.15.